The molecule has 2 unspecified atom stereocenters. The molecule has 0 saturated carbocycles. The van der Waals surface area contributed by atoms with E-state index in [1.54, 1.807) is 6.92 Å². The third-order valence-electron chi connectivity index (χ3n) is 2.18. The second-order valence-electron chi connectivity index (χ2n) is 3.83. The number of ether oxygens (including phenoxy) is 2. The van der Waals surface area contributed by atoms with Crippen molar-refractivity contribution in [2.75, 3.05) is 12.4 Å². The number of hydrogen-bond acceptors (Lipinski definition) is 6. The number of rotatable bonds is 4. The van der Waals surface area contributed by atoms with E-state index in [1.807, 2.05) is 10.8 Å². The SMILES string of the molecule is CC(CS(=O)(=O)O)NC1COc2cscc2O1. The first-order chi connectivity index (χ1) is 7.94. The average molecular weight is 279 g/mol. The van der Waals surface area contributed by atoms with Gasteiger partial charge in [-0.15, -0.1) is 11.3 Å². The van der Waals surface area contributed by atoms with Crippen LogP contribution in [0.5, 0.6) is 11.5 Å². The smallest absolute Gasteiger partial charge is 0.266 e. The Morgan fingerprint density at radius 2 is 2.29 bits per heavy atom. The highest BCUT2D eigenvalue weighted by Crippen LogP contribution is 2.34. The summed E-state index contributed by atoms with van der Waals surface area (Å²) < 4.78 is 41.0. The zero-order valence-corrected chi connectivity index (χ0v) is 10.8. The van der Waals surface area contributed by atoms with Crippen LogP contribution in [0.3, 0.4) is 0 Å². The van der Waals surface area contributed by atoms with E-state index in [0.29, 0.717) is 18.1 Å². The lowest BCUT2D eigenvalue weighted by molar-refractivity contribution is 0.0619. The van der Waals surface area contributed by atoms with E-state index in [0.717, 1.165) is 0 Å². The molecule has 17 heavy (non-hydrogen) atoms. The van der Waals surface area contributed by atoms with Crippen LogP contribution in [0, 0.1) is 0 Å². The van der Waals surface area contributed by atoms with Crippen LogP contribution in [0.1, 0.15) is 6.92 Å². The van der Waals surface area contributed by atoms with E-state index >= 15 is 0 Å². The summed E-state index contributed by atoms with van der Waals surface area (Å²) in [7, 11) is -3.98. The fourth-order valence-corrected chi connectivity index (χ4v) is 2.98. The lowest BCUT2D eigenvalue weighted by atomic mass is 10.3. The van der Waals surface area contributed by atoms with E-state index in [4.69, 9.17) is 14.0 Å². The van der Waals surface area contributed by atoms with Gasteiger partial charge in [-0.1, -0.05) is 0 Å². The van der Waals surface area contributed by atoms with Gasteiger partial charge in [0.25, 0.3) is 10.1 Å². The maximum atomic E-state index is 10.7. The van der Waals surface area contributed by atoms with Gasteiger partial charge in [0, 0.05) is 16.8 Å². The third-order valence-corrected chi connectivity index (χ3v) is 3.81. The zero-order chi connectivity index (χ0) is 12.5. The predicted molar refractivity (Wildman–Crippen MR) is 63.2 cm³/mol. The van der Waals surface area contributed by atoms with Gasteiger partial charge >= 0.3 is 0 Å². The minimum Gasteiger partial charge on any atom is -0.483 e. The van der Waals surface area contributed by atoms with Crippen molar-refractivity contribution in [2.45, 2.75) is 19.2 Å². The Labute approximate surface area is 103 Å². The van der Waals surface area contributed by atoms with Crippen LogP contribution in [0.15, 0.2) is 10.8 Å². The minimum absolute atomic E-state index is 0.305. The van der Waals surface area contributed by atoms with Crippen LogP contribution in [0.25, 0.3) is 0 Å². The Hall–Kier alpha value is -0.830. The molecule has 2 atom stereocenters. The first-order valence-electron chi connectivity index (χ1n) is 5.01. The molecule has 8 heteroatoms. The quantitative estimate of drug-likeness (QED) is 0.790. The average Bonchev–Trinajstić information content (AvgIpc) is 2.61. The molecular formula is C9H13NO5S2. The van der Waals surface area contributed by atoms with Crippen LogP contribution in [0.4, 0.5) is 0 Å². The third kappa shape index (κ3) is 3.56. The lowest BCUT2D eigenvalue weighted by Crippen LogP contribution is -2.48. The Kier molecular flexibility index (Phi) is 3.57. The fraction of sp³-hybridized carbons (Fsp3) is 0.556. The van der Waals surface area contributed by atoms with Crippen LogP contribution >= 0.6 is 11.3 Å². The molecule has 96 valence electrons. The second-order valence-corrected chi connectivity index (χ2v) is 6.07. The van der Waals surface area contributed by atoms with Crippen molar-refractivity contribution in [3.63, 3.8) is 0 Å². The second kappa shape index (κ2) is 4.81. The van der Waals surface area contributed by atoms with Gasteiger partial charge in [-0.05, 0) is 6.92 Å². The highest BCUT2D eigenvalue weighted by atomic mass is 32.2. The molecule has 0 aliphatic carbocycles. The summed E-state index contributed by atoms with van der Waals surface area (Å²) in [5, 5.41) is 6.58. The van der Waals surface area contributed by atoms with Gasteiger partial charge in [0.1, 0.15) is 6.61 Å². The van der Waals surface area contributed by atoms with Crippen molar-refractivity contribution < 1.29 is 22.4 Å². The largest absolute Gasteiger partial charge is 0.483 e. The maximum Gasteiger partial charge on any atom is 0.266 e. The molecule has 2 heterocycles. The van der Waals surface area contributed by atoms with Gasteiger partial charge < -0.3 is 9.47 Å². The summed E-state index contributed by atoms with van der Waals surface area (Å²) in [6.45, 7) is 1.96. The van der Waals surface area contributed by atoms with Crippen molar-refractivity contribution >= 4 is 21.5 Å². The fourth-order valence-electron chi connectivity index (χ4n) is 1.58. The molecule has 0 saturated heterocycles. The predicted octanol–water partition coefficient (Wildman–Crippen LogP) is 0.711. The number of nitrogens with one attached hydrogen (secondary N) is 1. The Bertz CT molecular complexity index is 483. The zero-order valence-electron chi connectivity index (χ0n) is 9.12. The highest BCUT2D eigenvalue weighted by molar-refractivity contribution is 7.85. The van der Waals surface area contributed by atoms with Crippen molar-refractivity contribution in [1.82, 2.24) is 5.32 Å². The topological polar surface area (TPSA) is 84.9 Å². The van der Waals surface area contributed by atoms with E-state index in [1.165, 1.54) is 11.3 Å². The van der Waals surface area contributed by atoms with Crippen LogP contribution in [-0.4, -0.2) is 37.6 Å². The number of thiophene rings is 1. The molecule has 1 aromatic rings. The van der Waals surface area contributed by atoms with Gasteiger partial charge in [-0.3, -0.25) is 9.87 Å². The van der Waals surface area contributed by atoms with Gasteiger partial charge in [-0.2, -0.15) is 8.42 Å². The molecular weight excluding hydrogens is 266 g/mol. The summed E-state index contributed by atoms with van der Waals surface area (Å²) in [5.41, 5.74) is 0. The minimum atomic E-state index is -3.98. The van der Waals surface area contributed by atoms with E-state index in [-0.39, 0.29) is 5.75 Å². The highest BCUT2D eigenvalue weighted by Gasteiger charge is 2.24. The molecule has 0 bridgehead atoms. The van der Waals surface area contributed by atoms with Crippen molar-refractivity contribution in [1.29, 1.82) is 0 Å². The van der Waals surface area contributed by atoms with E-state index in [9.17, 15) is 8.42 Å². The molecule has 0 fully saturated rings. The van der Waals surface area contributed by atoms with Crippen molar-refractivity contribution in [3.8, 4) is 11.5 Å². The first-order valence-corrected chi connectivity index (χ1v) is 7.56. The molecule has 2 N–H and O–H groups in total. The molecule has 0 amide bonds. The molecule has 0 aromatic carbocycles. The van der Waals surface area contributed by atoms with E-state index in [2.05, 4.69) is 5.32 Å². The van der Waals surface area contributed by atoms with Gasteiger partial charge in [-0.25, -0.2) is 0 Å². The van der Waals surface area contributed by atoms with E-state index < -0.39 is 22.4 Å². The standard InChI is InChI=1S/C9H13NO5S2/c1-6(5-17(11,12)13)10-9-2-14-7-3-16-4-8(7)15-9/h3-4,6,9-10H,2,5H2,1H3,(H,11,12,13). The lowest BCUT2D eigenvalue weighted by Gasteiger charge is -2.27. The van der Waals surface area contributed by atoms with Crippen LogP contribution in [0.2, 0.25) is 0 Å². The first kappa shape index (κ1) is 12.6. The molecule has 1 aromatic heterocycles. The summed E-state index contributed by atoms with van der Waals surface area (Å²) in [4.78, 5) is 0. The van der Waals surface area contributed by atoms with Crippen LogP contribution < -0.4 is 14.8 Å². The summed E-state index contributed by atoms with van der Waals surface area (Å²) in [6.07, 6.45) is -0.408. The molecule has 6 nitrogen and oxygen atoms in total. The van der Waals surface area contributed by atoms with Crippen molar-refractivity contribution in [2.24, 2.45) is 0 Å². The Balaban J connectivity index is 1.90. The number of fused-ring (bicyclic) bond motifs is 1. The van der Waals surface area contributed by atoms with Gasteiger partial charge in [0.15, 0.2) is 17.7 Å². The molecule has 2 rings (SSSR count). The number of hydrogen-bond donors (Lipinski definition) is 2. The molecule has 1 aliphatic heterocycles. The summed E-state index contributed by atoms with van der Waals surface area (Å²) in [6, 6.07) is -0.418. The summed E-state index contributed by atoms with van der Waals surface area (Å²) in [5.74, 6) is 0.997. The van der Waals surface area contributed by atoms with Crippen LogP contribution in [-0.2, 0) is 10.1 Å². The Morgan fingerprint density at radius 3 is 3.00 bits per heavy atom. The monoisotopic (exact) mass is 279 g/mol. The van der Waals surface area contributed by atoms with Gasteiger partial charge in [0.2, 0.25) is 0 Å². The molecule has 1 aliphatic rings. The van der Waals surface area contributed by atoms with Crippen molar-refractivity contribution in [3.05, 3.63) is 10.8 Å². The molecule has 0 radical (unpaired) electrons. The van der Waals surface area contributed by atoms with Gasteiger partial charge in [0.05, 0.1) is 5.75 Å². The normalized spacial score (nSPS) is 21.2. The molecule has 0 spiro atoms. The maximum absolute atomic E-state index is 10.7. The summed E-state index contributed by atoms with van der Waals surface area (Å²) >= 11 is 1.47. The Morgan fingerprint density at radius 1 is 1.59 bits per heavy atom.